The summed E-state index contributed by atoms with van der Waals surface area (Å²) in [6.07, 6.45) is 1.78. The van der Waals surface area contributed by atoms with Gasteiger partial charge < -0.3 is 13.8 Å². The second kappa shape index (κ2) is 6.99. The molecule has 6 nitrogen and oxygen atoms in total. The van der Waals surface area contributed by atoms with Crippen molar-refractivity contribution in [3.8, 4) is 11.3 Å². The van der Waals surface area contributed by atoms with Crippen LogP contribution in [0.3, 0.4) is 0 Å². The van der Waals surface area contributed by atoms with E-state index in [1.165, 1.54) is 0 Å². The van der Waals surface area contributed by atoms with E-state index in [4.69, 9.17) is 20.5 Å². The van der Waals surface area contributed by atoms with Crippen molar-refractivity contribution in [1.82, 2.24) is 10.1 Å². The van der Waals surface area contributed by atoms with Crippen LogP contribution in [0, 0.1) is 20.8 Å². The number of nitrogens with zero attached hydrogens (tertiary/aromatic N) is 3. The minimum absolute atomic E-state index is 0.101. The van der Waals surface area contributed by atoms with E-state index in [0.717, 1.165) is 41.2 Å². The molecule has 0 atom stereocenters. The number of rotatable bonds is 2. The second-order valence-electron chi connectivity index (χ2n) is 7.66. The molecule has 1 amide bonds. The quantitative estimate of drug-likeness (QED) is 0.418. The molecule has 0 aliphatic carbocycles. The van der Waals surface area contributed by atoms with Crippen molar-refractivity contribution in [1.29, 1.82) is 0 Å². The Labute approximate surface area is 178 Å². The number of amides is 1. The summed E-state index contributed by atoms with van der Waals surface area (Å²) in [5.41, 5.74) is 4.95. The van der Waals surface area contributed by atoms with Crippen LogP contribution in [0.15, 0.2) is 39.3 Å². The van der Waals surface area contributed by atoms with Crippen molar-refractivity contribution in [3.05, 3.63) is 63.7 Å². The van der Waals surface area contributed by atoms with Crippen LogP contribution >= 0.6 is 11.6 Å². The molecule has 0 spiro atoms. The maximum atomic E-state index is 13.8. The highest BCUT2D eigenvalue weighted by molar-refractivity contribution is 6.30. The summed E-state index contributed by atoms with van der Waals surface area (Å²) >= 11 is 6.17. The number of carbonyl (C=O) groups is 1. The van der Waals surface area contributed by atoms with E-state index in [2.05, 4.69) is 10.1 Å². The highest BCUT2D eigenvalue weighted by atomic mass is 35.5. The lowest BCUT2D eigenvalue weighted by molar-refractivity contribution is 0.0986. The average Bonchev–Trinajstić information content (AvgIpc) is 3.27. The lowest BCUT2D eigenvalue weighted by atomic mass is 9.99. The molecule has 1 aliphatic heterocycles. The largest absolute Gasteiger partial charge is 0.466 e. The first kappa shape index (κ1) is 18.9. The zero-order chi connectivity index (χ0) is 21.0. The van der Waals surface area contributed by atoms with Crippen molar-refractivity contribution in [3.63, 3.8) is 0 Å². The van der Waals surface area contributed by atoms with Crippen molar-refractivity contribution in [2.24, 2.45) is 0 Å². The lowest BCUT2D eigenvalue weighted by Crippen LogP contribution is -2.35. The zero-order valence-corrected chi connectivity index (χ0v) is 17.7. The Morgan fingerprint density at radius 1 is 1.17 bits per heavy atom. The summed E-state index contributed by atoms with van der Waals surface area (Å²) in [4.78, 5) is 20.2. The van der Waals surface area contributed by atoms with Gasteiger partial charge >= 0.3 is 0 Å². The maximum Gasteiger partial charge on any atom is 0.259 e. The smallest absolute Gasteiger partial charge is 0.259 e. The maximum absolute atomic E-state index is 13.8. The Balaban J connectivity index is 1.68. The van der Waals surface area contributed by atoms with Gasteiger partial charge in [-0.1, -0.05) is 16.8 Å². The minimum atomic E-state index is -0.101. The molecule has 0 radical (unpaired) electrons. The van der Waals surface area contributed by atoms with Crippen LogP contribution in [0.1, 0.15) is 39.6 Å². The van der Waals surface area contributed by atoms with Crippen LogP contribution in [-0.2, 0) is 6.42 Å². The molecule has 4 aromatic rings. The van der Waals surface area contributed by atoms with E-state index in [1.807, 2.05) is 56.0 Å². The van der Waals surface area contributed by atoms with Gasteiger partial charge in [0.05, 0.1) is 22.3 Å². The Morgan fingerprint density at radius 2 is 2.00 bits per heavy atom. The first-order valence-electron chi connectivity index (χ1n) is 9.87. The summed E-state index contributed by atoms with van der Waals surface area (Å²) < 4.78 is 11.1. The van der Waals surface area contributed by atoms with Gasteiger partial charge in [0, 0.05) is 22.8 Å². The molecule has 152 valence electrons. The number of hydrogen-bond acceptors (Lipinski definition) is 5. The van der Waals surface area contributed by atoms with E-state index in [0.29, 0.717) is 39.6 Å². The molecule has 5 rings (SSSR count). The van der Waals surface area contributed by atoms with Gasteiger partial charge in [0.1, 0.15) is 11.5 Å². The van der Waals surface area contributed by atoms with Gasteiger partial charge in [-0.2, -0.15) is 0 Å². The monoisotopic (exact) mass is 421 g/mol. The number of fused-ring (bicyclic) bond motifs is 2. The molecule has 1 aromatic carbocycles. The molecule has 7 heteroatoms. The van der Waals surface area contributed by atoms with Crippen molar-refractivity contribution in [2.45, 2.75) is 33.6 Å². The number of aromatic nitrogens is 2. The normalized spacial score (nSPS) is 13.7. The molecule has 4 heterocycles. The fourth-order valence-corrected chi connectivity index (χ4v) is 4.40. The predicted octanol–water partition coefficient (Wildman–Crippen LogP) is 5.65. The standard InChI is InChI=1S/C23H20ClN3O3/c1-12-9-17(14(3)29-12)19-11-18(21-13(2)26-30-22(21)25-19)23(28)27-8-4-5-15-10-16(24)6-7-20(15)27/h6-7,9-11H,4-5,8H2,1-3H3. The van der Waals surface area contributed by atoms with Crippen molar-refractivity contribution in [2.75, 3.05) is 11.4 Å². The van der Waals surface area contributed by atoms with Gasteiger partial charge in [-0.15, -0.1) is 0 Å². The topological polar surface area (TPSA) is 72.4 Å². The van der Waals surface area contributed by atoms with E-state index >= 15 is 0 Å². The predicted molar refractivity (Wildman–Crippen MR) is 115 cm³/mol. The number of halogens is 1. The number of aryl methyl sites for hydroxylation is 4. The van der Waals surface area contributed by atoms with E-state index in [9.17, 15) is 4.79 Å². The molecule has 0 fully saturated rings. The first-order valence-corrected chi connectivity index (χ1v) is 10.2. The Hall–Kier alpha value is -3.12. The number of benzene rings is 1. The highest BCUT2D eigenvalue weighted by Gasteiger charge is 2.28. The third-order valence-corrected chi connectivity index (χ3v) is 5.80. The fourth-order valence-electron chi connectivity index (χ4n) is 4.21. The van der Waals surface area contributed by atoms with Gasteiger partial charge in [-0.25, -0.2) is 4.98 Å². The van der Waals surface area contributed by atoms with E-state index < -0.39 is 0 Å². The van der Waals surface area contributed by atoms with Gasteiger partial charge in [-0.05, 0) is 69.5 Å². The minimum Gasteiger partial charge on any atom is -0.466 e. The molecule has 3 aromatic heterocycles. The SMILES string of the molecule is Cc1cc(-c2cc(C(=O)N3CCCc4cc(Cl)ccc43)c3c(C)noc3n2)c(C)o1. The van der Waals surface area contributed by atoms with Gasteiger partial charge in [0.25, 0.3) is 11.6 Å². The van der Waals surface area contributed by atoms with Crippen LogP contribution in [0.5, 0.6) is 0 Å². The van der Waals surface area contributed by atoms with Crippen molar-refractivity contribution < 1.29 is 13.7 Å². The lowest BCUT2D eigenvalue weighted by Gasteiger charge is -2.30. The van der Waals surface area contributed by atoms with E-state index in [-0.39, 0.29) is 5.91 Å². The number of carbonyl (C=O) groups excluding carboxylic acids is 1. The first-order chi connectivity index (χ1) is 14.4. The van der Waals surface area contributed by atoms with E-state index in [1.54, 1.807) is 0 Å². The Bertz CT molecular complexity index is 1300. The van der Waals surface area contributed by atoms with Crippen LogP contribution in [0.4, 0.5) is 5.69 Å². The molecule has 0 bridgehead atoms. The molecule has 0 saturated carbocycles. The second-order valence-corrected chi connectivity index (χ2v) is 8.10. The molecule has 0 unspecified atom stereocenters. The van der Waals surface area contributed by atoms with Crippen LogP contribution < -0.4 is 4.90 Å². The molecule has 30 heavy (non-hydrogen) atoms. The van der Waals surface area contributed by atoms with Crippen LogP contribution in [-0.4, -0.2) is 22.6 Å². The molecular weight excluding hydrogens is 402 g/mol. The number of furan rings is 1. The Morgan fingerprint density at radius 3 is 2.77 bits per heavy atom. The summed E-state index contributed by atoms with van der Waals surface area (Å²) in [5.74, 6) is 1.43. The van der Waals surface area contributed by atoms with Gasteiger partial charge in [-0.3, -0.25) is 4.79 Å². The summed E-state index contributed by atoms with van der Waals surface area (Å²) in [6, 6.07) is 9.40. The number of pyridine rings is 1. The molecule has 0 saturated heterocycles. The summed E-state index contributed by atoms with van der Waals surface area (Å²) in [6.45, 7) is 6.23. The molecule has 1 aliphatic rings. The summed E-state index contributed by atoms with van der Waals surface area (Å²) in [5, 5.41) is 5.37. The molecular formula is C23H20ClN3O3. The summed E-state index contributed by atoms with van der Waals surface area (Å²) in [7, 11) is 0. The molecule has 0 N–H and O–H groups in total. The van der Waals surface area contributed by atoms with Crippen LogP contribution in [0.25, 0.3) is 22.4 Å². The Kier molecular flexibility index (Phi) is 4.40. The van der Waals surface area contributed by atoms with Gasteiger partial charge in [0.2, 0.25) is 0 Å². The fraction of sp³-hybridized carbons (Fsp3) is 0.261. The third kappa shape index (κ3) is 2.99. The number of anilines is 1. The van der Waals surface area contributed by atoms with Crippen LogP contribution in [0.2, 0.25) is 5.02 Å². The number of hydrogen-bond donors (Lipinski definition) is 0. The highest BCUT2D eigenvalue weighted by Crippen LogP contribution is 2.34. The van der Waals surface area contributed by atoms with Crippen molar-refractivity contribution >= 4 is 34.3 Å². The average molecular weight is 422 g/mol. The van der Waals surface area contributed by atoms with Gasteiger partial charge in [0.15, 0.2) is 0 Å². The zero-order valence-electron chi connectivity index (χ0n) is 17.0. The third-order valence-electron chi connectivity index (χ3n) is 5.57.